The average molecular weight is 410 g/mol. The molecule has 5 nitrogen and oxygen atoms in total. The number of nitrogens with zero attached hydrogens (tertiary/aromatic N) is 1. The van der Waals surface area contributed by atoms with Crippen LogP contribution in [0, 0.1) is 17.2 Å². The molecule has 0 saturated carbocycles. The van der Waals surface area contributed by atoms with Crippen molar-refractivity contribution in [2.75, 3.05) is 0 Å². The Balaban J connectivity index is 1.54. The predicted octanol–water partition coefficient (Wildman–Crippen LogP) is 4.07. The highest BCUT2D eigenvalue weighted by molar-refractivity contribution is 7.92. The highest BCUT2D eigenvalue weighted by Gasteiger charge is 2.46. The number of fused-ring (bicyclic) bond motifs is 2. The summed E-state index contributed by atoms with van der Waals surface area (Å²) < 4.78 is 30.8. The van der Waals surface area contributed by atoms with Crippen molar-refractivity contribution in [3.63, 3.8) is 0 Å². The lowest BCUT2D eigenvalue weighted by Crippen LogP contribution is -2.45. The Morgan fingerprint density at radius 3 is 2.41 bits per heavy atom. The van der Waals surface area contributed by atoms with E-state index in [4.69, 9.17) is 4.74 Å². The number of nitriles is 1. The van der Waals surface area contributed by atoms with Gasteiger partial charge in [-0.15, -0.1) is 0 Å². The maximum atomic E-state index is 13.1. The third-order valence-corrected chi connectivity index (χ3v) is 8.79. The average Bonchev–Trinajstić information content (AvgIpc) is 2.71. The molecule has 2 heterocycles. The third kappa shape index (κ3) is 3.92. The third-order valence-electron chi connectivity index (χ3n) is 6.07. The van der Waals surface area contributed by atoms with Crippen LogP contribution in [0.3, 0.4) is 0 Å². The second-order valence-electron chi connectivity index (χ2n) is 7.89. The smallest absolute Gasteiger partial charge is 0.166 e. The zero-order valence-corrected chi connectivity index (χ0v) is 16.9. The maximum absolute atomic E-state index is 13.1. The molecule has 2 aromatic carbocycles. The van der Waals surface area contributed by atoms with Crippen molar-refractivity contribution < 1.29 is 17.9 Å². The topological polar surface area (TPSA) is 84.2 Å². The summed E-state index contributed by atoms with van der Waals surface area (Å²) in [7, 11) is -3.09. The molecule has 150 valence electrons. The first kappa shape index (κ1) is 19.7. The van der Waals surface area contributed by atoms with E-state index in [-0.39, 0.29) is 11.7 Å². The molecular weight excluding hydrogens is 386 g/mol. The molecule has 2 bridgehead atoms. The van der Waals surface area contributed by atoms with Gasteiger partial charge in [-0.25, -0.2) is 8.42 Å². The van der Waals surface area contributed by atoms with Crippen LogP contribution in [0.4, 0.5) is 0 Å². The first-order valence-electron chi connectivity index (χ1n) is 9.97. The summed E-state index contributed by atoms with van der Waals surface area (Å²) in [6.45, 7) is 0.305. The van der Waals surface area contributed by atoms with Crippen LogP contribution in [0.1, 0.15) is 53.6 Å². The van der Waals surface area contributed by atoms with Gasteiger partial charge in [-0.05, 0) is 49.4 Å². The Morgan fingerprint density at radius 1 is 1.07 bits per heavy atom. The van der Waals surface area contributed by atoms with Crippen molar-refractivity contribution in [1.29, 1.82) is 5.26 Å². The van der Waals surface area contributed by atoms with Gasteiger partial charge < -0.3 is 4.74 Å². The number of rotatable bonds is 5. The number of carbonyl (C=O) groups excluding carboxylic acids is 1. The van der Waals surface area contributed by atoms with E-state index in [1.54, 1.807) is 18.2 Å². The number of sulfone groups is 1. The zero-order chi connectivity index (χ0) is 20.4. The molecule has 2 atom stereocenters. The summed E-state index contributed by atoms with van der Waals surface area (Å²) >= 11 is 0. The highest BCUT2D eigenvalue weighted by atomic mass is 32.2. The summed E-state index contributed by atoms with van der Waals surface area (Å²) in [5.41, 5.74) is 1.83. The van der Waals surface area contributed by atoms with Gasteiger partial charge in [0.1, 0.15) is 18.4 Å². The lowest BCUT2D eigenvalue weighted by molar-refractivity contribution is 0.0893. The molecule has 0 N–H and O–H groups in total. The van der Waals surface area contributed by atoms with Crippen LogP contribution in [0.5, 0.6) is 5.75 Å². The van der Waals surface area contributed by atoms with E-state index in [2.05, 4.69) is 6.07 Å². The molecule has 2 unspecified atom stereocenters. The van der Waals surface area contributed by atoms with Crippen molar-refractivity contribution in [1.82, 2.24) is 0 Å². The first-order valence-corrected chi connectivity index (χ1v) is 11.6. The molecule has 4 rings (SSSR count). The van der Waals surface area contributed by atoms with Crippen LogP contribution >= 0.6 is 0 Å². The van der Waals surface area contributed by atoms with Gasteiger partial charge in [0.05, 0.1) is 16.1 Å². The lowest BCUT2D eigenvalue weighted by Gasteiger charge is -2.38. The number of benzene rings is 2. The molecule has 29 heavy (non-hydrogen) atoms. The van der Waals surface area contributed by atoms with Crippen LogP contribution in [-0.2, 0) is 16.4 Å². The Bertz CT molecular complexity index is 1040. The fourth-order valence-electron chi connectivity index (χ4n) is 4.48. The molecule has 6 heteroatoms. The molecule has 2 saturated heterocycles. The SMILES string of the molecule is N#Cc1ccc(C(=O)C2CC3CCCC(C2)S3(=O)=O)cc1OCc1ccccc1. The van der Waals surface area contributed by atoms with E-state index < -0.39 is 20.3 Å². The van der Waals surface area contributed by atoms with Gasteiger partial charge in [0.2, 0.25) is 0 Å². The molecule has 0 aromatic heterocycles. The molecule has 0 amide bonds. The standard InChI is InChI=1S/C23H23NO4S/c24-14-18-10-9-17(13-22(18)28-15-16-5-2-1-3-6-16)23(25)19-11-20-7-4-8-21(12-19)29(20,26)27/h1-3,5-6,9-10,13,19-21H,4,7-8,11-12,15H2. The molecule has 0 radical (unpaired) electrons. The van der Waals surface area contributed by atoms with Crippen LogP contribution in [0.15, 0.2) is 48.5 Å². The Labute approximate surface area is 171 Å². The van der Waals surface area contributed by atoms with E-state index in [1.807, 2.05) is 30.3 Å². The Morgan fingerprint density at radius 2 is 1.76 bits per heavy atom. The molecule has 0 aliphatic carbocycles. The molecule has 2 aliphatic rings. The summed E-state index contributed by atoms with van der Waals surface area (Å²) in [4.78, 5) is 13.1. The van der Waals surface area contributed by atoms with Crippen LogP contribution in [-0.4, -0.2) is 24.7 Å². The predicted molar refractivity (Wildman–Crippen MR) is 109 cm³/mol. The molecule has 2 aliphatic heterocycles. The molecular formula is C23H23NO4S. The van der Waals surface area contributed by atoms with Crippen LogP contribution < -0.4 is 4.74 Å². The largest absolute Gasteiger partial charge is 0.487 e. The minimum absolute atomic E-state index is 0.0501. The van der Waals surface area contributed by atoms with E-state index in [0.29, 0.717) is 49.2 Å². The van der Waals surface area contributed by atoms with Crippen molar-refractivity contribution in [3.8, 4) is 11.8 Å². The second-order valence-corrected chi connectivity index (χ2v) is 10.4. The quantitative estimate of drug-likeness (QED) is 0.695. The Kier molecular flexibility index (Phi) is 5.42. The van der Waals surface area contributed by atoms with Crippen molar-refractivity contribution >= 4 is 15.6 Å². The minimum Gasteiger partial charge on any atom is -0.487 e. The summed E-state index contributed by atoms with van der Waals surface area (Å²) in [6.07, 6.45) is 3.03. The fraction of sp³-hybridized carbons (Fsp3) is 0.391. The number of hydrogen-bond donors (Lipinski definition) is 0. The van der Waals surface area contributed by atoms with Crippen LogP contribution in [0.25, 0.3) is 0 Å². The van der Waals surface area contributed by atoms with E-state index in [0.717, 1.165) is 12.0 Å². The summed E-state index contributed by atoms with van der Waals surface area (Å²) in [6, 6.07) is 16.6. The molecule has 0 spiro atoms. The number of ether oxygens (including phenoxy) is 1. The Hall–Kier alpha value is -2.65. The number of hydrogen-bond acceptors (Lipinski definition) is 5. The monoisotopic (exact) mass is 409 g/mol. The highest BCUT2D eigenvalue weighted by Crippen LogP contribution is 2.40. The lowest BCUT2D eigenvalue weighted by atomic mass is 9.84. The van der Waals surface area contributed by atoms with Gasteiger partial charge >= 0.3 is 0 Å². The molecule has 2 fully saturated rings. The maximum Gasteiger partial charge on any atom is 0.166 e. The summed E-state index contributed by atoms with van der Waals surface area (Å²) in [5, 5.41) is 8.59. The first-order chi connectivity index (χ1) is 14.0. The van der Waals surface area contributed by atoms with Gasteiger partial charge in [-0.2, -0.15) is 5.26 Å². The van der Waals surface area contributed by atoms with Gasteiger partial charge in [-0.1, -0.05) is 36.8 Å². The van der Waals surface area contributed by atoms with Crippen molar-refractivity contribution in [2.24, 2.45) is 5.92 Å². The second kappa shape index (κ2) is 8.00. The fourth-order valence-corrected chi connectivity index (χ4v) is 7.02. The van der Waals surface area contributed by atoms with Gasteiger partial charge in [0, 0.05) is 11.5 Å². The van der Waals surface area contributed by atoms with Gasteiger partial charge in [-0.3, -0.25) is 4.79 Å². The minimum atomic E-state index is -3.09. The molecule has 2 aromatic rings. The van der Waals surface area contributed by atoms with E-state index in [9.17, 15) is 18.5 Å². The number of ketones is 1. The van der Waals surface area contributed by atoms with E-state index >= 15 is 0 Å². The van der Waals surface area contributed by atoms with Gasteiger partial charge in [0.15, 0.2) is 15.6 Å². The normalized spacial score (nSPS) is 25.0. The van der Waals surface area contributed by atoms with E-state index in [1.165, 1.54) is 0 Å². The van der Waals surface area contributed by atoms with Crippen LogP contribution in [0.2, 0.25) is 0 Å². The zero-order valence-electron chi connectivity index (χ0n) is 16.1. The van der Waals surface area contributed by atoms with Crippen molar-refractivity contribution in [3.05, 3.63) is 65.2 Å². The van der Waals surface area contributed by atoms with Gasteiger partial charge in [0.25, 0.3) is 0 Å². The van der Waals surface area contributed by atoms with Crippen molar-refractivity contribution in [2.45, 2.75) is 49.2 Å². The number of Topliss-reactive ketones (excluding diaryl/α,β-unsaturated/α-hetero) is 1. The summed E-state index contributed by atoms with van der Waals surface area (Å²) in [5.74, 6) is 0.0420. The number of carbonyl (C=O) groups is 1.